The summed E-state index contributed by atoms with van der Waals surface area (Å²) >= 11 is 1.71. The Bertz CT molecular complexity index is 1570. The highest BCUT2D eigenvalue weighted by atomic mass is 32.1. The minimum absolute atomic E-state index is 0.0768. The van der Waals surface area contributed by atoms with Crippen LogP contribution in [0.2, 0.25) is 0 Å². The summed E-state index contributed by atoms with van der Waals surface area (Å²) in [6, 6.07) is 15.1. The van der Waals surface area contributed by atoms with E-state index in [1.807, 2.05) is 51.1 Å². The lowest BCUT2D eigenvalue weighted by Gasteiger charge is -2.14. The minimum atomic E-state index is -0.962. The first kappa shape index (κ1) is 25.7. The van der Waals surface area contributed by atoms with Gasteiger partial charge in [-0.1, -0.05) is 23.8 Å². The van der Waals surface area contributed by atoms with Gasteiger partial charge in [-0.15, -0.1) is 11.3 Å². The number of benzene rings is 2. The van der Waals surface area contributed by atoms with Crippen LogP contribution in [0.4, 0.5) is 11.4 Å². The molecule has 0 unspecified atom stereocenters. The van der Waals surface area contributed by atoms with Gasteiger partial charge >= 0.3 is 5.97 Å². The van der Waals surface area contributed by atoms with Crippen molar-refractivity contribution in [3.05, 3.63) is 98.2 Å². The molecule has 194 valence electrons. The Hall–Kier alpha value is -3.97. The molecule has 38 heavy (non-hydrogen) atoms. The van der Waals surface area contributed by atoms with Crippen LogP contribution in [0.1, 0.15) is 72.1 Å². The molecule has 2 N–H and O–H groups in total. The van der Waals surface area contributed by atoms with Crippen molar-refractivity contribution in [3.63, 3.8) is 0 Å². The second-order valence-corrected chi connectivity index (χ2v) is 11.0. The molecular formula is C31H31N3O3S. The Labute approximate surface area is 226 Å². The Morgan fingerprint density at radius 3 is 2.50 bits per heavy atom. The summed E-state index contributed by atoms with van der Waals surface area (Å²) in [6.07, 6.45) is 5.92. The van der Waals surface area contributed by atoms with Gasteiger partial charge in [-0.2, -0.15) is 0 Å². The monoisotopic (exact) mass is 525 g/mol. The van der Waals surface area contributed by atoms with E-state index in [-0.39, 0.29) is 11.5 Å². The van der Waals surface area contributed by atoms with E-state index in [0.717, 1.165) is 64.4 Å². The van der Waals surface area contributed by atoms with E-state index in [0.29, 0.717) is 11.3 Å². The Morgan fingerprint density at radius 2 is 1.76 bits per heavy atom. The second kappa shape index (κ2) is 10.4. The number of carbonyl (C=O) groups excluding carboxylic acids is 1. The SMILES string of the molecule is Cc1ccc(NC(=O)c2c(-n3c(C)cc(C=Nc4cccc(C(=O)O)c4C)c3C)sc3c2CCCC3)cc1. The first-order valence-corrected chi connectivity index (χ1v) is 13.6. The van der Waals surface area contributed by atoms with E-state index in [2.05, 4.69) is 20.9 Å². The van der Waals surface area contributed by atoms with E-state index in [4.69, 9.17) is 0 Å². The van der Waals surface area contributed by atoms with Gasteiger partial charge in [-0.25, -0.2) is 4.79 Å². The van der Waals surface area contributed by atoms with Crippen LogP contribution in [-0.4, -0.2) is 27.8 Å². The van der Waals surface area contributed by atoms with Crippen molar-refractivity contribution >= 4 is 40.8 Å². The molecule has 2 heterocycles. The van der Waals surface area contributed by atoms with Crippen LogP contribution in [0.5, 0.6) is 0 Å². The molecule has 4 aromatic rings. The van der Waals surface area contributed by atoms with Crippen LogP contribution in [0.15, 0.2) is 53.5 Å². The minimum Gasteiger partial charge on any atom is -0.478 e. The van der Waals surface area contributed by atoms with Crippen LogP contribution in [-0.2, 0) is 12.8 Å². The maximum absolute atomic E-state index is 13.7. The largest absolute Gasteiger partial charge is 0.478 e. The normalized spacial score (nSPS) is 13.1. The predicted molar refractivity (Wildman–Crippen MR) is 154 cm³/mol. The molecular weight excluding hydrogens is 494 g/mol. The fraction of sp³-hybridized carbons (Fsp3) is 0.258. The van der Waals surface area contributed by atoms with Crippen molar-refractivity contribution in [2.45, 2.75) is 53.4 Å². The van der Waals surface area contributed by atoms with Crippen LogP contribution >= 0.6 is 11.3 Å². The summed E-state index contributed by atoms with van der Waals surface area (Å²) in [7, 11) is 0. The highest BCUT2D eigenvalue weighted by molar-refractivity contribution is 7.15. The first-order chi connectivity index (χ1) is 18.2. The molecule has 6 nitrogen and oxygen atoms in total. The number of amides is 1. The fourth-order valence-corrected chi connectivity index (χ4v) is 6.64. The third kappa shape index (κ3) is 4.82. The number of anilines is 1. The molecule has 1 amide bonds. The number of carbonyl (C=O) groups is 2. The molecule has 5 rings (SSSR count). The molecule has 1 aliphatic rings. The summed E-state index contributed by atoms with van der Waals surface area (Å²) in [5.74, 6) is -1.04. The van der Waals surface area contributed by atoms with Crippen LogP contribution in [0, 0.1) is 27.7 Å². The third-order valence-corrected chi connectivity index (χ3v) is 8.52. The Kier molecular flexibility index (Phi) is 7.04. The average molecular weight is 526 g/mol. The summed E-state index contributed by atoms with van der Waals surface area (Å²) in [5.41, 5.74) is 8.31. The van der Waals surface area contributed by atoms with Gasteiger partial charge in [0.1, 0.15) is 5.00 Å². The number of hydrogen-bond acceptors (Lipinski definition) is 4. The Balaban J connectivity index is 1.55. The molecule has 7 heteroatoms. The molecule has 0 atom stereocenters. The summed E-state index contributed by atoms with van der Waals surface area (Å²) in [6.45, 7) is 7.88. The zero-order valence-electron chi connectivity index (χ0n) is 22.1. The van der Waals surface area contributed by atoms with Gasteiger partial charge in [0.2, 0.25) is 0 Å². The van der Waals surface area contributed by atoms with Crippen molar-refractivity contribution in [2.75, 3.05) is 5.32 Å². The zero-order chi connectivity index (χ0) is 27.0. The van der Waals surface area contributed by atoms with Gasteiger partial charge in [0, 0.05) is 33.7 Å². The van der Waals surface area contributed by atoms with Gasteiger partial charge in [0.25, 0.3) is 5.91 Å². The number of aromatic carboxylic acids is 1. The molecule has 0 saturated heterocycles. The molecule has 0 radical (unpaired) electrons. The molecule has 2 aromatic carbocycles. The standard InChI is InChI=1S/C31H31N3O3S/c1-18-12-14-23(15-13-18)33-29(35)28-25-8-5-6-11-27(25)38-30(28)34-19(2)16-22(21(34)4)17-32-26-10-7-9-24(20(26)3)31(36)37/h7,9-10,12-17H,5-6,8,11H2,1-4H3,(H,33,35)(H,36,37). The van der Waals surface area contributed by atoms with E-state index in [9.17, 15) is 14.7 Å². The molecule has 1 aliphatic carbocycles. The van der Waals surface area contributed by atoms with Crippen molar-refractivity contribution in [3.8, 4) is 5.00 Å². The number of aromatic nitrogens is 1. The van der Waals surface area contributed by atoms with Crippen LogP contribution < -0.4 is 5.32 Å². The van der Waals surface area contributed by atoms with E-state index >= 15 is 0 Å². The topological polar surface area (TPSA) is 83.7 Å². The number of carboxylic acids is 1. The molecule has 0 aliphatic heterocycles. The van der Waals surface area contributed by atoms with E-state index < -0.39 is 5.97 Å². The number of aryl methyl sites for hydroxylation is 3. The molecule has 0 spiro atoms. The zero-order valence-corrected chi connectivity index (χ0v) is 22.9. The number of fused-ring (bicyclic) bond motifs is 1. The van der Waals surface area contributed by atoms with Gasteiger partial charge in [-0.05, 0) is 94.8 Å². The van der Waals surface area contributed by atoms with Crippen molar-refractivity contribution in [2.24, 2.45) is 4.99 Å². The first-order valence-electron chi connectivity index (χ1n) is 12.8. The smallest absolute Gasteiger partial charge is 0.336 e. The average Bonchev–Trinajstić information content (AvgIpc) is 3.40. The molecule has 0 saturated carbocycles. The maximum Gasteiger partial charge on any atom is 0.336 e. The van der Waals surface area contributed by atoms with Crippen LogP contribution in [0.3, 0.4) is 0 Å². The summed E-state index contributed by atoms with van der Waals surface area (Å²) in [4.78, 5) is 31.2. The van der Waals surface area contributed by atoms with Crippen molar-refractivity contribution < 1.29 is 14.7 Å². The van der Waals surface area contributed by atoms with Gasteiger partial charge in [-0.3, -0.25) is 9.79 Å². The van der Waals surface area contributed by atoms with Gasteiger partial charge in [0.05, 0.1) is 16.8 Å². The highest BCUT2D eigenvalue weighted by Gasteiger charge is 2.28. The molecule has 2 aromatic heterocycles. The fourth-order valence-electron chi connectivity index (χ4n) is 5.14. The predicted octanol–water partition coefficient (Wildman–Crippen LogP) is 7.35. The third-order valence-electron chi connectivity index (χ3n) is 7.24. The van der Waals surface area contributed by atoms with Crippen molar-refractivity contribution in [1.82, 2.24) is 4.57 Å². The van der Waals surface area contributed by atoms with Crippen LogP contribution in [0.25, 0.3) is 5.00 Å². The number of hydrogen-bond donors (Lipinski definition) is 2. The summed E-state index contributed by atoms with van der Waals surface area (Å²) in [5, 5.41) is 13.5. The van der Waals surface area contributed by atoms with E-state index in [1.54, 1.807) is 36.6 Å². The van der Waals surface area contributed by atoms with Gasteiger partial charge < -0.3 is 15.0 Å². The Morgan fingerprint density at radius 1 is 1.03 bits per heavy atom. The quantitative estimate of drug-likeness (QED) is 0.258. The van der Waals surface area contributed by atoms with E-state index in [1.165, 1.54) is 10.4 Å². The highest BCUT2D eigenvalue weighted by Crippen LogP contribution is 2.39. The summed E-state index contributed by atoms with van der Waals surface area (Å²) < 4.78 is 2.16. The van der Waals surface area contributed by atoms with Crippen molar-refractivity contribution in [1.29, 1.82) is 0 Å². The maximum atomic E-state index is 13.7. The second-order valence-electron chi connectivity index (χ2n) is 9.89. The lowest BCUT2D eigenvalue weighted by molar-refractivity contribution is 0.0696. The number of thiophene rings is 1. The number of carboxylic acid groups (broad SMARTS) is 1. The lowest BCUT2D eigenvalue weighted by Crippen LogP contribution is -2.17. The number of nitrogens with one attached hydrogen (secondary N) is 1. The number of rotatable bonds is 6. The number of nitrogens with zero attached hydrogens (tertiary/aromatic N) is 2. The van der Waals surface area contributed by atoms with Gasteiger partial charge in [0.15, 0.2) is 0 Å². The number of aliphatic imine (C=N–C) groups is 1. The molecule has 0 fully saturated rings. The molecule has 0 bridgehead atoms. The lowest BCUT2D eigenvalue weighted by atomic mass is 9.95.